The van der Waals surface area contributed by atoms with Gasteiger partial charge < -0.3 is 15.3 Å². The molecule has 1 atom stereocenters. The lowest BCUT2D eigenvalue weighted by molar-refractivity contribution is -0.131. The molecular formula is C12H10ClFN2O4. The van der Waals surface area contributed by atoms with Crippen molar-refractivity contribution in [1.29, 1.82) is 0 Å². The fraction of sp³-hybridized carbons (Fsp3) is 0.250. The van der Waals surface area contributed by atoms with Gasteiger partial charge in [-0.25, -0.2) is 9.18 Å². The van der Waals surface area contributed by atoms with Gasteiger partial charge in [-0.1, -0.05) is 22.8 Å². The lowest BCUT2D eigenvalue weighted by atomic mass is 10.1. The number of rotatable bonds is 4. The van der Waals surface area contributed by atoms with Crippen LogP contribution in [0.1, 0.15) is 12.0 Å². The van der Waals surface area contributed by atoms with Crippen LogP contribution in [0, 0.1) is 5.82 Å². The summed E-state index contributed by atoms with van der Waals surface area (Å²) in [5.41, 5.74) is 0.414. The minimum atomic E-state index is -1.22. The van der Waals surface area contributed by atoms with Crippen LogP contribution in [-0.4, -0.2) is 28.8 Å². The van der Waals surface area contributed by atoms with Crippen LogP contribution in [0.3, 0.4) is 0 Å². The first-order valence-corrected chi connectivity index (χ1v) is 6.03. The molecule has 1 aliphatic heterocycles. The number of amides is 1. The van der Waals surface area contributed by atoms with Crippen molar-refractivity contribution < 1.29 is 23.9 Å². The predicted molar refractivity (Wildman–Crippen MR) is 67.8 cm³/mol. The highest BCUT2D eigenvalue weighted by atomic mass is 35.5. The van der Waals surface area contributed by atoms with E-state index in [0.29, 0.717) is 5.56 Å². The molecular weight excluding hydrogens is 291 g/mol. The van der Waals surface area contributed by atoms with E-state index in [2.05, 4.69) is 10.5 Å². The molecule has 1 unspecified atom stereocenters. The molecule has 0 radical (unpaired) electrons. The van der Waals surface area contributed by atoms with Crippen molar-refractivity contribution in [1.82, 2.24) is 5.32 Å². The Hall–Kier alpha value is -2.15. The molecule has 6 nitrogen and oxygen atoms in total. The van der Waals surface area contributed by atoms with Gasteiger partial charge in [0.2, 0.25) is 6.10 Å². The molecule has 8 heteroatoms. The standard InChI is InChI=1S/C12H10ClFN2O4/c13-7-3-6(1-2-8(7)14)5-15-11(17)10-4-9(12(18)19)16-20-10/h1-3,10H,4-5H2,(H,15,17)(H,18,19). The van der Waals surface area contributed by atoms with Gasteiger partial charge in [0.15, 0.2) is 5.71 Å². The molecule has 0 aliphatic carbocycles. The molecule has 0 saturated heterocycles. The summed E-state index contributed by atoms with van der Waals surface area (Å²) in [6.45, 7) is 0.126. The Morgan fingerprint density at radius 1 is 1.55 bits per heavy atom. The van der Waals surface area contributed by atoms with Crippen LogP contribution < -0.4 is 5.32 Å². The Morgan fingerprint density at radius 3 is 2.90 bits per heavy atom. The molecule has 2 rings (SSSR count). The van der Waals surface area contributed by atoms with Crippen LogP contribution in [0.2, 0.25) is 5.02 Å². The number of carboxylic acid groups (broad SMARTS) is 1. The summed E-state index contributed by atoms with van der Waals surface area (Å²) in [4.78, 5) is 27.1. The van der Waals surface area contributed by atoms with Gasteiger partial charge in [0, 0.05) is 13.0 Å². The monoisotopic (exact) mass is 300 g/mol. The first kappa shape index (κ1) is 14.3. The van der Waals surface area contributed by atoms with Gasteiger partial charge in [-0.2, -0.15) is 0 Å². The molecule has 1 aliphatic rings. The average molecular weight is 301 g/mol. The number of halogens is 2. The fourth-order valence-electron chi connectivity index (χ4n) is 1.60. The Balaban J connectivity index is 1.87. The Labute approximate surface area is 118 Å². The number of oxime groups is 1. The molecule has 1 heterocycles. The molecule has 1 aromatic carbocycles. The number of nitrogens with one attached hydrogen (secondary N) is 1. The molecule has 106 valence electrons. The summed E-state index contributed by atoms with van der Waals surface area (Å²) in [5, 5.41) is 14.5. The SMILES string of the molecule is O=C(O)C1=NOC(C(=O)NCc2ccc(F)c(Cl)c2)C1. The normalized spacial score (nSPS) is 17.3. The number of benzene rings is 1. The van der Waals surface area contributed by atoms with Crippen molar-refractivity contribution in [2.24, 2.45) is 5.16 Å². The van der Waals surface area contributed by atoms with Gasteiger partial charge >= 0.3 is 5.97 Å². The first-order chi connectivity index (χ1) is 9.47. The van der Waals surface area contributed by atoms with Crippen LogP contribution in [0.5, 0.6) is 0 Å². The fourth-order valence-corrected chi connectivity index (χ4v) is 1.80. The second-order valence-electron chi connectivity index (χ2n) is 4.11. The Kier molecular flexibility index (Phi) is 4.19. The lowest BCUT2D eigenvalue weighted by Gasteiger charge is -2.09. The van der Waals surface area contributed by atoms with Gasteiger partial charge in [-0.05, 0) is 17.7 Å². The smallest absolute Gasteiger partial charge is 0.353 e. The summed E-state index contributed by atoms with van der Waals surface area (Å²) in [6.07, 6.45) is -1.05. The minimum Gasteiger partial charge on any atom is -0.477 e. The van der Waals surface area contributed by atoms with Crippen molar-refractivity contribution in [3.05, 3.63) is 34.6 Å². The zero-order valence-electron chi connectivity index (χ0n) is 10.1. The third-order valence-electron chi connectivity index (χ3n) is 2.66. The van der Waals surface area contributed by atoms with Gasteiger partial charge in [0.25, 0.3) is 5.91 Å². The van der Waals surface area contributed by atoms with E-state index < -0.39 is 23.8 Å². The lowest BCUT2D eigenvalue weighted by Crippen LogP contribution is -2.34. The van der Waals surface area contributed by atoms with Crippen molar-refractivity contribution in [2.45, 2.75) is 19.1 Å². The maximum absolute atomic E-state index is 13.0. The summed E-state index contributed by atoms with van der Waals surface area (Å²) < 4.78 is 13.0. The number of carboxylic acids is 1. The third-order valence-corrected chi connectivity index (χ3v) is 2.95. The van der Waals surface area contributed by atoms with Crippen molar-refractivity contribution >= 4 is 29.2 Å². The quantitative estimate of drug-likeness (QED) is 0.878. The predicted octanol–water partition coefficient (Wildman–Crippen LogP) is 1.32. The van der Waals surface area contributed by atoms with E-state index in [0.717, 1.165) is 0 Å². The number of aliphatic carboxylic acids is 1. The number of hydrogen-bond acceptors (Lipinski definition) is 4. The summed E-state index contributed by atoms with van der Waals surface area (Å²) in [6, 6.07) is 4.07. The van der Waals surface area contributed by atoms with E-state index >= 15 is 0 Å². The van der Waals surface area contributed by atoms with Crippen molar-refractivity contribution in [3.63, 3.8) is 0 Å². The molecule has 0 saturated carbocycles. The van der Waals surface area contributed by atoms with Crippen LogP contribution in [-0.2, 0) is 21.0 Å². The maximum atomic E-state index is 13.0. The maximum Gasteiger partial charge on any atom is 0.353 e. The Morgan fingerprint density at radius 2 is 2.30 bits per heavy atom. The minimum absolute atomic E-state index is 0.0367. The van der Waals surface area contributed by atoms with Crippen molar-refractivity contribution in [2.75, 3.05) is 0 Å². The van der Waals surface area contributed by atoms with E-state index in [1.165, 1.54) is 18.2 Å². The van der Waals surface area contributed by atoms with Crippen LogP contribution >= 0.6 is 11.6 Å². The summed E-state index contributed by atoms with van der Waals surface area (Å²) in [5.74, 6) is -2.25. The molecule has 1 amide bonds. The summed E-state index contributed by atoms with van der Waals surface area (Å²) >= 11 is 5.61. The van der Waals surface area contributed by atoms with Crippen LogP contribution in [0.25, 0.3) is 0 Å². The second kappa shape index (κ2) is 5.87. The van der Waals surface area contributed by atoms with E-state index in [-0.39, 0.29) is 23.7 Å². The number of hydrogen-bond donors (Lipinski definition) is 2. The molecule has 1 aromatic rings. The third kappa shape index (κ3) is 3.24. The molecule has 20 heavy (non-hydrogen) atoms. The molecule has 0 spiro atoms. The van der Waals surface area contributed by atoms with E-state index in [1.54, 1.807) is 0 Å². The topological polar surface area (TPSA) is 88.0 Å². The highest BCUT2D eigenvalue weighted by molar-refractivity contribution is 6.36. The highest BCUT2D eigenvalue weighted by Crippen LogP contribution is 2.16. The zero-order chi connectivity index (χ0) is 14.7. The number of nitrogens with zero attached hydrogens (tertiary/aromatic N) is 1. The summed E-state index contributed by atoms with van der Waals surface area (Å²) in [7, 11) is 0. The first-order valence-electron chi connectivity index (χ1n) is 5.65. The number of carbonyl (C=O) groups is 2. The van der Waals surface area contributed by atoms with Crippen molar-refractivity contribution in [3.8, 4) is 0 Å². The zero-order valence-corrected chi connectivity index (χ0v) is 10.9. The van der Waals surface area contributed by atoms with Gasteiger partial charge in [-0.3, -0.25) is 4.79 Å². The highest BCUT2D eigenvalue weighted by Gasteiger charge is 2.31. The van der Waals surface area contributed by atoms with Gasteiger partial charge in [0.1, 0.15) is 5.82 Å². The second-order valence-corrected chi connectivity index (χ2v) is 4.51. The van der Waals surface area contributed by atoms with Gasteiger partial charge in [-0.15, -0.1) is 0 Å². The van der Waals surface area contributed by atoms with E-state index in [1.807, 2.05) is 0 Å². The largest absolute Gasteiger partial charge is 0.477 e. The molecule has 2 N–H and O–H groups in total. The molecule has 0 bridgehead atoms. The van der Waals surface area contributed by atoms with E-state index in [9.17, 15) is 14.0 Å². The average Bonchev–Trinajstić information content (AvgIpc) is 2.89. The molecule has 0 aromatic heterocycles. The van der Waals surface area contributed by atoms with Crippen LogP contribution in [0.4, 0.5) is 4.39 Å². The van der Waals surface area contributed by atoms with E-state index in [4.69, 9.17) is 21.5 Å². The Bertz CT molecular complexity index is 591. The molecule has 0 fully saturated rings. The van der Waals surface area contributed by atoms with Crippen LogP contribution in [0.15, 0.2) is 23.4 Å². The number of carbonyl (C=O) groups excluding carboxylic acids is 1. The van der Waals surface area contributed by atoms with Gasteiger partial charge in [0.05, 0.1) is 5.02 Å².